The fourth-order valence-corrected chi connectivity index (χ4v) is 5.52. The highest BCUT2D eigenvalue weighted by Gasteiger charge is 2.48. The zero-order valence-corrected chi connectivity index (χ0v) is 22.2. The van der Waals surface area contributed by atoms with Gasteiger partial charge < -0.3 is 9.84 Å². The van der Waals surface area contributed by atoms with Gasteiger partial charge in [-0.2, -0.15) is 5.06 Å². The maximum atomic E-state index is 13.1. The van der Waals surface area contributed by atoms with Gasteiger partial charge in [0.05, 0.1) is 11.7 Å². The van der Waals surface area contributed by atoms with Gasteiger partial charge in [0.1, 0.15) is 12.2 Å². The van der Waals surface area contributed by atoms with Crippen LogP contribution in [0.1, 0.15) is 105 Å². The number of carbonyl (C=O) groups excluding carboxylic acids is 1. The van der Waals surface area contributed by atoms with Crippen molar-refractivity contribution in [1.29, 1.82) is 0 Å². The zero-order valence-electron chi connectivity index (χ0n) is 22.2. The summed E-state index contributed by atoms with van der Waals surface area (Å²) >= 11 is 0. The average molecular weight is 468 g/mol. The van der Waals surface area contributed by atoms with Gasteiger partial charge in [0.15, 0.2) is 0 Å². The van der Waals surface area contributed by atoms with E-state index in [1.165, 1.54) is 0 Å². The summed E-state index contributed by atoms with van der Waals surface area (Å²) < 4.78 is 6.08. The number of esters is 1. The fourth-order valence-electron chi connectivity index (χ4n) is 5.52. The quantitative estimate of drug-likeness (QED) is 0.489. The molecule has 0 saturated carbocycles. The third-order valence-electron chi connectivity index (χ3n) is 6.86. The van der Waals surface area contributed by atoms with Gasteiger partial charge in [0, 0.05) is 23.9 Å². The van der Waals surface area contributed by atoms with Crippen molar-refractivity contribution in [3.8, 4) is 0 Å². The van der Waals surface area contributed by atoms with Crippen molar-refractivity contribution in [2.75, 3.05) is 0 Å². The number of hydrogen-bond acceptors (Lipinski definition) is 5. The second kappa shape index (κ2) is 9.80. The number of nitrogens with zero attached hydrogens (tertiary/aromatic N) is 1. The predicted molar refractivity (Wildman–Crippen MR) is 136 cm³/mol. The Balaban J connectivity index is 1.74. The van der Waals surface area contributed by atoms with Crippen LogP contribution in [0.15, 0.2) is 36.4 Å². The van der Waals surface area contributed by atoms with E-state index in [0.29, 0.717) is 18.4 Å². The zero-order chi connectivity index (χ0) is 25.4. The lowest BCUT2D eigenvalue weighted by Gasteiger charge is -2.54. The molecular weight excluding hydrogens is 426 g/mol. The first kappa shape index (κ1) is 26.4. The number of hydroxylamine groups is 2. The predicted octanol–water partition coefficient (Wildman–Crippen LogP) is 6.54. The highest BCUT2D eigenvalue weighted by atomic mass is 16.7. The van der Waals surface area contributed by atoms with E-state index in [9.17, 15) is 9.90 Å². The van der Waals surface area contributed by atoms with Crippen LogP contribution in [0.25, 0.3) is 0 Å². The van der Waals surface area contributed by atoms with E-state index in [1.54, 1.807) is 6.92 Å². The van der Waals surface area contributed by atoms with Crippen molar-refractivity contribution in [3.05, 3.63) is 69.8 Å². The minimum atomic E-state index is -0.489. The topological polar surface area (TPSA) is 59.0 Å². The normalized spacial score (nSPS) is 20.1. The maximum Gasteiger partial charge on any atom is 0.338 e. The van der Waals surface area contributed by atoms with Crippen molar-refractivity contribution in [3.63, 3.8) is 0 Å². The number of hydrogen-bond donors (Lipinski definition) is 1. The molecule has 0 amide bonds. The van der Waals surface area contributed by atoms with Gasteiger partial charge in [-0.1, -0.05) is 42.0 Å². The van der Waals surface area contributed by atoms with E-state index in [0.717, 1.165) is 27.8 Å². The number of aliphatic hydroxyl groups excluding tert-OH is 1. The summed E-state index contributed by atoms with van der Waals surface area (Å²) in [5, 5.41) is 11.9. The molecule has 2 aromatic carbocycles. The first-order chi connectivity index (χ1) is 15.7. The molecule has 1 N–H and O–H groups in total. The van der Waals surface area contributed by atoms with Crippen molar-refractivity contribution in [2.45, 2.75) is 105 Å². The number of aliphatic hydroxyl groups is 1. The molecule has 5 nitrogen and oxygen atoms in total. The van der Waals surface area contributed by atoms with E-state index in [-0.39, 0.29) is 29.3 Å². The van der Waals surface area contributed by atoms with Crippen molar-refractivity contribution in [2.24, 2.45) is 0 Å². The van der Waals surface area contributed by atoms with Gasteiger partial charge in [-0.3, -0.25) is 4.84 Å². The van der Waals surface area contributed by atoms with Crippen LogP contribution in [0.4, 0.5) is 0 Å². The lowest BCUT2D eigenvalue weighted by molar-refractivity contribution is -0.313. The van der Waals surface area contributed by atoms with Crippen LogP contribution >= 0.6 is 0 Å². The number of carbonyl (C=O) groups is 1. The molecule has 0 spiro atoms. The molecule has 2 aromatic rings. The molecule has 186 valence electrons. The first-order valence-corrected chi connectivity index (χ1v) is 12.2. The monoisotopic (exact) mass is 467 g/mol. The van der Waals surface area contributed by atoms with E-state index >= 15 is 0 Å². The standard InChI is InChI=1S/C29H41NO4/c1-18-14-19(2)26(20(3)15-18)27(32)33-25-16-28(6,7)30(29(8,9)17-25)34-22(5)24-12-10-23(11-13-24)21(4)31/h10-15,21-22,25,31H,16-17H2,1-9H3. The molecule has 0 aromatic heterocycles. The Morgan fingerprint density at radius 3 is 1.88 bits per heavy atom. The Hall–Kier alpha value is -2.21. The van der Waals surface area contributed by atoms with Gasteiger partial charge in [-0.15, -0.1) is 0 Å². The van der Waals surface area contributed by atoms with Crippen LogP contribution < -0.4 is 0 Å². The maximum absolute atomic E-state index is 13.1. The molecule has 2 atom stereocenters. The average Bonchev–Trinajstić information content (AvgIpc) is 2.69. The van der Waals surface area contributed by atoms with Crippen LogP contribution in [-0.2, 0) is 9.57 Å². The minimum Gasteiger partial charge on any atom is -0.459 e. The summed E-state index contributed by atoms with van der Waals surface area (Å²) in [6, 6.07) is 12.0. The molecule has 1 aliphatic heterocycles. The van der Waals surface area contributed by atoms with Crippen LogP contribution in [0.5, 0.6) is 0 Å². The number of piperidine rings is 1. The van der Waals surface area contributed by atoms with Gasteiger partial charge >= 0.3 is 5.97 Å². The highest BCUT2D eigenvalue weighted by molar-refractivity contribution is 5.93. The Labute approximate surface area is 205 Å². The summed E-state index contributed by atoms with van der Waals surface area (Å²) in [5.41, 5.74) is 5.00. The molecule has 1 saturated heterocycles. The van der Waals surface area contributed by atoms with E-state index < -0.39 is 6.10 Å². The number of aryl methyl sites for hydroxylation is 3. The number of benzene rings is 2. The van der Waals surface area contributed by atoms with Gasteiger partial charge in [0.25, 0.3) is 0 Å². The summed E-state index contributed by atoms with van der Waals surface area (Å²) in [5.74, 6) is -0.243. The molecule has 2 unspecified atom stereocenters. The van der Waals surface area contributed by atoms with Crippen molar-refractivity contribution < 1.29 is 19.5 Å². The minimum absolute atomic E-state index is 0.154. The lowest BCUT2D eigenvalue weighted by Crippen LogP contribution is -2.62. The Bertz CT molecular complexity index is 982. The van der Waals surface area contributed by atoms with Crippen molar-refractivity contribution >= 4 is 5.97 Å². The molecule has 3 rings (SSSR count). The SMILES string of the molecule is Cc1cc(C)c(C(=O)OC2CC(C)(C)N(OC(C)c3ccc(C(C)O)cc3)C(C)(C)C2)c(C)c1. The van der Waals surface area contributed by atoms with Crippen molar-refractivity contribution in [1.82, 2.24) is 5.06 Å². The molecule has 5 heteroatoms. The van der Waals surface area contributed by atoms with Crippen LogP contribution in [0.2, 0.25) is 0 Å². The van der Waals surface area contributed by atoms with E-state index in [2.05, 4.69) is 32.8 Å². The number of ether oxygens (including phenoxy) is 1. The van der Waals surface area contributed by atoms with Gasteiger partial charge in [-0.05, 0) is 84.6 Å². The van der Waals surface area contributed by atoms with E-state index in [1.807, 2.05) is 64.1 Å². The van der Waals surface area contributed by atoms with Crippen LogP contribution in [0, 0.1) is 20.8 Å². The Morgan fingerprint density at radius 2 is 1.41 bits per heavy atom. The molecule has 1 heterocycles. The summed E-state index contributed by atoms with van der Waals surface area (Å²) in [6.45, 7) is 18.3. The molecule has 0 radical (unpaired) electrons. The third-order valence-corrected chi connectivity index (χ3v) is 6.86. The summed E-state index contributed by atoms with van der Waals surface area (Å²) in [4.78, 5) is 19.7. The molecule has 1 aliphatic rings. The summed E-state index contributed by atoms with van der Waals surface area (Å²) in [6.07, 6.45) is 0.522. The van der Waals surface area contributed by atoms with Crippen LogP contribution in [0.3, 0.4) is 0 Å². The largest absolute Gasteiger partial charge is 0.459 e. The highest BCUT2D eigenvalue weighted by Crippen LogP contribution is 2.42. The second-order valence-corrected chi connectivity index (χ2v) is 11.2. The Morgan fingerprint density at radius 1 is 0.941 bits per heavy atom. The molecular formula is C29H41NO4. The molecule has 1 fully saturated rings. The second-order valence-electron chi connectivity index (χ2n) is 11.2. The van der Waals surface area contributed by atoms with Crippen LogP contribution in [-0.4, -0.2) is 33.3 Å². The third kappa shape index (κ3) is 5.70. The van der Waals surface area contributed by atoms with E-state index in [4.69, 9.17) is 9.57 Å². The molecule has 0 aliphatic carbocycles. The lowest BCUT2D eigenvalue weighted by atomic mass is 9.80. The first-order valence-electron chi connectivity index (χ1n) is 12.2. The smallest absolute Gasteiger partial charge is 0.338 e. The Kier molecular flexibility index (Phi) is 7.61. The molecule has 34 heavy (non-hydrogen) atoms. The van der Waals surface area contributed by atoms with Gasteiger partial charge in [0.2, 0.25) is 0 Å². The van der Waals surface area contributed by atoms with Gasteiger partial charge in [-0.25, -0.2) is 4.79 Å². The molecule has 0 bridgehead atoms. The fraction of sp³-hybridized carbons (Fsp3) is 0.552. The summed E-state index contributed by atoms with van der Waals surface area (Å²) in [7, 11) is 0. The number of rotatable bonds is 6.